The highest BCUT2D eigenvalue weighted by Crippen LogP contribution is 2.36. The highest BCUT2D eigenvalue weighted by atomic mass is 19.4. The van der Waals surface area contributed by atoms with Gasteiger partial charge in [0.15, 0.2) is 0 Å². The summed E-state index contributed by atoms with van der Waals surface area (Å²) in [5.74, 6) is -0.503. The molecule has 92 valence electrons. The molecule has 1 aromatic carbocycles. The summed E-state index contributed by atoms with van der Waals surface area (Å²) in [6.45, 7) is 0. The number of halogens is 3. The Morgan fingerprint density at radius 3 is 2.35 bits per heavy atom. The summed E-state index contributed by atoms with van der Waals surface area (Å²) in [7, 11) is 0. The predicted octanol–water partition coefficient (Wildman–Crippen LogP) is 2.33. The molecule has 0 aliphatic carbocycles. The Hall–Kier alpha value is -1.72. The van der Waals surface area contributed by atoms with Crippen LogP contribution >= 0.6 is 0 Å². The number of nitrogen functional groups attached to an aromatic ring is 1. The second kappa shape index (κ2) is 3.94. The van der Waals surface area contributed by atoms with Crippen molar-refractivity contribution in [2.75, 3.05) is 10.6 Å². The van der Waals surface area contributed by atoms with Crippen molar-refractivity contribution in [3.8, 4) is 0 Å². The van der Waals surface area contributed by atoms with Gasteiger partial charge in [-0.05, 0) is 30.7 Å². The topological polar surface area (TPSA) is 46.3 Å². The number of carbonyl (C=O) groups excluding carboxylic acids is 1. The minimum Gasteiger partial charge on any atom is -0.399 e. The molecule has 0 bridgehead atoms. The number of anilines is 2. The van der Waals surface area contributed by atoms with E-state index in [4.69, 9.17) is 5.73 Å². The van der Waals surface area contributed by atoms with Crippen molar-refractivity contribution in [1.82, 2.24) is 0 Å². The molecule has 1 aliphatic heterocycles. The highest BCUT2D eigenvalue weighted by Gasteiger charge is 2.49. The van der Waals surface area contributed by atoms with E-state index in [2.05, 4.69) is 0 Å². The fraction of sp³-hybridized carbons (Fsp3) is 0.364. The lowest BCUT2D eigenvalue weighted by Gasteiger charge is -2.26. The average molecular weight is 244 g/mol. The normalized spacial score (nSPS) is 21.0. The van der Waals surface area contributed by atoms with Crippen molar-refractivity contribution in [2.45, 2.75) is 25.1 Å². The van der Waals surface area contributed by atoms with Gasteiger partial charge in [-0.1, -0.05) is 0 Å². The molecule has 1 fully saturated rings. The van der Waals surface area contributed by atoms with E-state index in [1.165, 1.54) is 24.3 Å². The highest BCUT2D eigenvalue weighted by molar-refractivity contribution is 5.96. The number of hydrogen-bond acceptors (Lipinski definition) is 2. The number of alkyl halides is 3. The van der Waals surface area contributed by atoms with Gasteiger partial charge >= 0.3 is 6.18 Å². The van der Waals surface area contributed by atoms with Crippen LogP contribution in [0, 0.1) is 0 Å². The Bertz CT molecular complexity index is 427. The predicted molar refractivity (Wildman–Crippen MR) is 57.4 cm³/mol. The molecule has 3 nitrogen and oxygen atoms in total. The van der Waals surface area contributed by atoms with Crippen molar-refractivity contribution in [2.24, 2.45) is 0 Å². The van der Waals surface area contributed by atoms with E-state index in [0.717, 1.165) is 4.90 Å². The van der Waals surface area contributed by atoms with Gasteiger partial charge in [-0.15, -0.1) is 0 Å². The first-order valence-corrected chi connectivity index (χ1v) is 5.14. The molecule has 1 heterocycles. The van der Waals surface area contributed by atoms with Crippen LogP contribution in [0.2, 0.25) is 0 Å². The maximum atomic E-state index is 12.7. The summed E-state index contributed by atoms with van der Waals surface area (Å²) >= 11 is 0. The lowest BCUT2D eigenvalue weighted by Crippen LogP contribution is -2.43. The minimum atomic E-state index is -4.40. The molecule has 0 aromatic heterocycles. The van der Waals surface area contributed by atoms with Gasteiger partial charge in [0.05, 0.1) is 0 Å². The van der Waals surface area contributed by atoms with Crippen LogP contribution in [0.3, 0.4) is 0 Å². The summed E-state index contributed by atoms with van der Waals surface area (Å²) in [5, 5.41) is 0. The van der Waals surface area contributed by atoms with Gasteiger partial charge in [-0.25, -0.2) is 0 Å². The van der Waals surface area contributed by atoms with Gasteiger partial charge in [-0.3, -0.25) is 4.79 Å². The quantitative estimate of drug-likeness (QED) is 0.770. The lowest BCUT2D eigenvalue weighted by molar-refractivity contribution is -0.148. The molecule has 1 saturated heterocycles. The molecule has 0 saturated carbocycles. The van der Waals surface area contributed by atoms with Crippen molar-refractivity contribution < 1.29 is 18.0 Å². The monoisotopic (exact) mass is 244 g/mol. The van der Waals surface area contributed by atoms with E-state index in [9.17, 15) is 18.0 Å². The number of nitrogens with zero attached hydrogens (tertiary/aromatic N) is 1. The third kappa shape index (κ3) is 2.20. The Kier molecular flexibility index (Phi) is 2.73. The average Bonchev–Trinajstić information content (AvgIpc) is 2.61. The lowest BCUT2D eigenvalue weighted by atomic mass is 10.2. The number of amides is 1. The molecule has 6 heteroatoms. The second-order valence-electron chi connectivity index (χ2n) is 3.95. The molecule has 0 spiro atoms. The van der Waals surface area contributed by atoms with Gasteiger partial charge in [0.2, 0.25) is 5.91 Å². The third-order valence-corrected chi connectivity index (χ3v) is 2.76. The molecular formula is C11H11F3N2O. The molecule has 1 amide bonds. The van der Waals surface area contributed by atoms with E-state index < -0.39 is 18.1 Å². The first kappa shape index (κ1) is 11.8. The van der Waals surface area contributed by atoms with Crippen LogP contribution in [-0.4, -0.2) is 18.1 Å². The molecule has 0 radical (unpaired) electrons. The standard InChI is InChI=1S/C11H11F3N2O/c12-11(13,14)9-5-6-10(17)16(9)8-3-1-7(15)2-4-8/h1-4,9H,5-6,15H2/t9-/m0/s1. The van der Waals surface area contributed by atoms with E-state index in [1.807, 2.05) is 0 Å². The number of benzene rings is 1. The summed E-state index contributed by atoms with van der Waals surface area (Å²) in [5.41, 5.74) is 6.14. The SMILES string of the molecule is Nc1ccc(N2C(=O)CC[C@H]2C(F)(F)F)cc1. The van der Waals surface area contributed by atoms with Gasteiger partial charge in [0, 0.05) is 17.8 Å². The van der Waals surface area contributed by atoms with Crippen LogP contribution in [0.25, 0.3) is 0 Å². The zero-order chi connectivity index (χ0) is 12.6. The van der Waals surface area contributed by atoms with Crippen LogP contribution in [0.5, 0.6) is 0 Å². The molecule has 2 N–H and O–H groups in total. The van der Waals surface area contributed by atoms with Gasteiger partial charge < -0.3 is 10.6 Å². The number of hydrogen-bond donors (Lipinski definition) is 1. The Labute approximate surface area is 96.0 Å². The number of rotatable bonds is 1. The first-order valence-electron chi connectivity index (χ1n) is 5.14. The fourth-order valence-electron chi connectivity index (χ4n) is 1.95. The zero-order valence-corrected chi connectivity index (χ0v) is 8.87. The Balaban J connectivity index is 2.34. The van der Waals surface area contributed by atoms with Crippen LogP contribution < -0.4 is 10.6 Å². The van der Waals surface area contributed by atoms with Gasteiger partial charge in [0.25, 0.3) is 0 Å². The van der Waals surface area contributed by atoms with Gasteiger partial charge in [0.1, 0.15) is 6.04 Å². The van der Waals surface area contributed by atoms with Crippen LogP contribution in [0.15, 0.2) is 24.3 Å². The molecule has 0 unspecified atom stereocenters. The fourth-order valence-corrected chi connectivity index (χ4v) is 1.95. The smallest absolute Gasteiger partial charge is 0.399 e. The Morgan fingerprint density at radius 1 is 1.24 bits per heavy atom. The third-order valence-electron chi connectivity index (χ3n) is 2.76. The Morgan fingerprint density at radius 2 is 1.82 bits per heavy atom. The molecule has 17 heavy (non-hydrogen) atoms. The molecule has 1 atom stereocenters. The maximum Gasteiger partial charge on any atom is 0.409 e. The summed E-state index contributed by atoms with van der Waals surface area (Å²) in [6.07, 6.45) is -4.66. The van der Waals surface area contributed by atoms with Crippen LogP contribution in [-0.2, 0) is 4.79 Å². The number of nitrogens with two attached hydrogens (primary N) is 1. The van der Waals surface area contributed by atoms with E-state index in [0.29, 0.717) is 5.69 Å². The van der Waals surface area contributed by atoms with Crippen LogP contribution in [0.1, 0.15) is 12.8 Å². The molecule has 2 rings (SSSR count). The summed E-state index contributed by atoms with van der Waals surface area (Å²) in [6, 6.07) is 4.09. The van der Waals surface area contributed by atoms with E-state index in [-0.39, 0.29) is 18.5 Å². The zero-order valence-electron chi connectivity index (χ0n) is 8.87. The van der Waals surface area contributed by atoms with E-state index >= 15 is 0 Å². The van der Waals surface area contributed by atoms with Crippen molar-refractivity contribution >= 4 is 17.3 Å². The minimum absolute atomic E-state index is 0.0748. The number of carbonyl (C=O) groups is 1. The second-order valence-corrected chi connectivity index (χ2v) is 3.95. The maximum absolute atomic E-state index is 12.7. The van der Waals surface area contributed by atoms with Crippen molar-refractivity contribution in [3.63, 3.8) is 0 Å². The van der Waals surface area contributed by atoms with E-state index in [1.54, 1.807) is 0 Å². The first-order chi connectivity index (χ1) is 7.89. The van der Waals surface area contributed by atoms with Crippen LogP contribution in [0.4, 0.5) is 24.5 Å². The van der Waals surface area contributed by atoms with Crippen molar-refractivity contribution in [1.29, 1.82) is 0 Å². The summed E-state index contributed by atoms with van der Waals surface area (Å²) < 4.78 is 38.2. The van der Waals surface area contributed by atoms with Gasteiger partial charge in [-0.2, -0.15) is 13.2 Å². The largest absolute Gasteiger partial charge is 0.409 e. The molecule has 1 aliphatic rings. The molecular weight excluding hydrogens is 233 g/mol. The van der Waals surface area contributed by atoms with Crippen molar-refractivity contribution in [3.05, 3.63) is 24.3 Å². The summed E-state index contributed by atoms with van der Waals surface area (Å²) in [4.78, 5) is 12.3. The molecule has 1 aromatic rings.